The summed E-state index contributed by atoms with van der Waals surface area (Å²) in [4.78, 5) is 20.6. The van der Waals surface area contributed by atoms with E-state index in [-0.39, 0.29) is 5.91 Å². The fraction of sp³-hybridized carbons (Fsp3) is 0.130. The molecule has 0 aliphatic carbocycles. The Kier molecular flexibility index (Phi) is 4.24. The molecule has 2 N–H and O–H groups in total. The molecule has 1 aromatic heterocycles. The average molecular weight is 355 g/mol. The van der Waals surface area contributed by atoms with Gasteiger partial charge in [0.2, 0.25) is 0 Å². The van der Waals surface area contributed by atoms with Crippen molar-refractivity contribution >= 4 is 22.6 Å². The van der Waals surface area contributed by atoms with Crippen molar-refractivity contribution in [2.45, 2.75) is 20.8 Å². The van der Waals surface area contributed by atoms with Crippen LogP contribution in [-0.4, -0.2) is 15.9 Å². The Morgan fingerprint density at radius 3 is 2.41 bits per heavy atom. The lowest BCUT2D eigenvalue weighted by Gasteiger charge is -2.10. The van der Waals surface area contributed by atoms with Gasteiger partial charge < -0.3 is 10.3 Å². The number of anilines is 1. The zero-order chi connectivity index (χ0) is 19.0. The van der Waals surface area contributed by atoms with Gasteiger partial charge in [-0.3, -0.25) is 4.79 Å². The van der Waals surface area contributed by atoms with Crippen LogP contribution in [0.1, 0.15) is 27.0 Å². The molecule has 0 spiro atoms. The third kappa shape index (κ3) is 3.47. The van der Waals surface area contributed by atoms with E-state index in [9.17, 15) is 4.79 Å². The van der Waals surface area contributed by atoms with Gasteiger partial charge in [-0.2, -0.15) is 0 Å². The second kappa shape index (κ2) is 6.72. The molecule has 3 aromatic carbocycles. The lowest BCUT2D eigenvalue weighted by Crippen LogP contribution is -2.12. The minimum Gasteiger partial charge on any atom is -0.338 e. The number of rotatable bonds is 3. The van der Waals surface area contributed by atoms with Crippen molar-refractivity contribution in [2.24, 2.45) is 0 Å². The molecule has 4 heteroatoms. The van der Waals surface area contributed by atoms with Gasteiger partial charge in [0.25, 0.3) is 5.91 Å². The molecule has 4 rings (SSSR count). The van der Waals surface area contributed by atoms with Crippen LogP contribution in [-0.2, 0) is 0 Å². The maximum atomic E-state index is 12.6. The smallest absolute Gasteiger partial charge is 0.255 e. The summed E-state index contributed by atoms with van der Waals surface area (Å²) >= 11 is 0. The highest BCUT2D eigenvalue weighted by atomic mass is 16.1. The molecule has 0 unspecified atom stereocenters. The normalized spacial score (nSPS) is 10.9. The molecule has 0 atom stereocenters. The first-order valence-corrected chi connectivity index (χ1v) is 8.95. The van der Waals surface area contributed by atoms with Crippen molar-refractivity contribution in [1.29, 1.82) is 0 Å². The number of aryl methyl sites for hydroxylation is 3. The van der Waals surface area contributed by atoms with Gasteiger partial charge in [-0.1, -0.05) is 35.9 Å². The van der Waals surface area contributed by atoms with E-state index >= 15 is 0 Å². The monoisotopic (exact) mass is 355 g/mol. The van der Waals surface area contributed by atoms with Gasteiger partial charge in [-0.15, -0.1) is 0 Å². The molecule has 0 radical (unpaired) electrons. The van der Waals surface area contributed by atoms with Crippen LogP contribution in [0.5, 0.6) is 0 Å². The van der Waals surface area contributed by atoms with E-state index in [4.69, 9.17) is 0 Å². The minimum absolute atomic E-state index is 0.115. The molecule has 27 heavy (non-hydrogen) atoms. The maximum Gasteiger partial charge on any atom is 0.255 e. The van der Waals surface area contributed by atoms with Gasteiger partial charge in [0, 0.05) is 16.8 Å². The van der Waals surface area contributed by atoms with E-state index in [2.05, 4.69) is 34.3 Å². The summed E-state index contributed by atoms with van der Waals surface area (Å²) in [6, 6.07) is 19.7. The van der Waals surface area contributed by atoms with Gasteiger partial charge >= 0.3 is 0 Å². The molecule has 0 bridgehead atoms. The van der Waals surface area contributed by atoms with Gasteiger partial charge in [0.05, 0.1) is 11.0 Å². The number of benzene rings is 3. The molecule has 134 valence electrons. The molecule has 0 aliphatic rings. The van der Waals surface area contributed by atoms with Crippen LogP contribution in [0.3, 0.4) is 0 Å². The number of carbonyl (C=O) groups is 1. The summed E-state index contributed by atoms with van der Waals surface area (Å²) in [6.07, 6.45) is 0. The first-order chi connectivity index (χ1) is 13.0. The van der Waals surface area contributed by atoms with Crippen molar-refractivity contribution in [1.82, 2.24) is 9.97 Å². The number of nitrogens with one attached hydrogen (secondary N) is 2. The standard InChI is InChI=1S/C23H21N3O/c1-14-4-8-17(9-5-14)23(27)26-20-13-18(10-7-16(20)3)22-24-19-11-6-15(2)12-21(19)25-22/h4-13H,1-3H3,(H,24,25)(H,26,27). The molecule has 0 aliphatic heterocycles. The Morgan fingerprint density at radius 2 is 1.63 bits per heavy atom. The summed E-state index contributed by atoms with van der Waals surface area (Å²) in [5.41, 5.74) is 7.63. The Hall–Kier alpha value is -3.40. The van der Waals surface area contributed by atoms with E-state index < -0.39 is 0 Å². The average Bonchev–Trinajstić information content (AvgIpc) is 3.07. The summed E-state index contributed by atoms with van der Waals surface area (Å²) in [5, 5.41) is 3.02. The van der Waals surface area contributed by atoms with Gasteiger partial charge in [0.15, 0.2) is 0 Å². The van der Waals surface area contributed by atoms with Crippen LogP contribution in [0.4, 0.5) is 5.69 Å². The number of carbonyl (C=O) groups excluding carboxylic acids is 1. The van der Waals surface area contributed by atoms with E-state index in [1.54, 1.807) is 0 Å². The van der Waals surface area contributed by atoms with E-state index in [1.165, 1.54) is 5.56 Å². The quantitative estimate of drug-likeness (QED) is 0.516. The topological polar surface area (TPSA) is 57.8 Å². The number of hydrogen-bond acceptors (Lipinski definition) is 2. The largest absolute Gasteiger partial charge is 0.338 e. The van der Waals surface area contributed by atoms with Crippen molar-refractivity contribution in [3.8, 4) is 11.4 Å². The predicted molar refractivity (Wildman–Crippen MR) is 110 cm³/mol. The van der Waals surface area contributed by atoms with Gasteiger partial charge in [-0.05, 0) is 62.2 Å². The predicted octanol–water partition coefficient (Wildman–Crippen LogP) is 5.41. The van der Waals surface area contributed by atoms with Crippen LogP contribution >= 0.6 is 0 Å². The summed E-state index contributed by atoms with van der Waals surface area (Å²) in [5.74, 6) is 0.678. The fourth-order valence-corrected chi connectivity index (χ4v) is 3.06. The highest BCUT2D eigenvalue weighted by molar-refractivity contribution is 6.05. The molecule has 0 fully saturated rings. The SMILES string of the molecule is Cc1ccc(C(=O)Nc2cc(-c3nc4ccc(C)cc4[nH]3)ccc2C)cc1. The summed E-state index contributed by atoms with van der Waals surface area (Å²) in [7, 11) is 0. The number of imidazole rings is 1. The first kappa shape index (κ1) is 17.0. The molecule has 1 amide bonds. The molecular weight excluding hydrogens is 334 g/mol. The van der Waals surface area contributed by atoms with Crippen molar-refractivity contribution in [3.05, 3.63) is 82.9 Å². The molecule has 4 nitrogen and oxygen atoms in total. The number of H-pyrrole nitrogens is 1. The number of aromatic amines is 1. The minimum atomic E-state index is -0.115. The van der Waals surface area contributed by atoms with E-state index in [0.29, 0.717) is 5.56 Å². The zero-order valence-electron chi connectivity index (χ0n) is 15.6. The number of aromatic nitrogens is 2. The van der Waals surface area contributed by atoms with E-state index in [0.717, 1.165) is 39.2 Å². The molecular formula is C23H21N3O. The second-order valence-corrected chi connectivity index (χ2v) is 6.96. The second-order valence-electron chi connectivity index (χ2n) is 6.96. The first-order valence-electron chi connectivity index (χ1n) is 8.95. The highest BCUT2D eigenvalue weighted by Crippen LogP contribution is 2.26. The third-order valence-corrected chi connectivity index (χ3v) is 4.71. The lowest BCUT2D eigenvalue weighted by atomic mass is 10.1. The molecule has 4 aromatic rings. The van der Waals surface area contributed by atoms with Crippen LogP contribution in [0, 0.1) is 20.8 Å². The lowest BCUT2D eigenvalue weighted by molar-refractivity contribution is 0.102. The summed E-state index contributed by atoms with van der Waals surface area (Å²) in [6.45, 7) is 6.05. The highest BCUT2D eigenvalue weighted by Gasteiger charge is 2.11. The van der Waals surface area contributed by atoms with Crippen LogP contribution < -0.4 is 5.32 Å². The Labute approximate surface area is 158 Å². The molecule has 1 heterocycles. The maximum absolute atomic E-state index is 12.6. The summed E-state index contributed by atoms with van der Waals surface area (Å²) < 4.78 is 0. The van der Waals surface area contributed by atoms with E-state index in [1.807, 2.05) is 62.4 Å². The number of hydrogen-bond donors (Lipinski definition) is 2. The van der Waals surface area contributed by atoms with Crippen LogP contribution in [0.2, 0.25) is 0 Å². The third-order valence-electron chi connectivity index (χ3n) is 4.71. The Bertz CT molecular complexity index is 1140. The van der Waals surface area contributed by atoms with Gasteiger partial charge in [-0.25, -0.2) is 4.98 Å². The van der Waals surface area contributed by atoms with Crippen LogP contribution in [0.15, 0.2) is 60.7 Å². The number of fused-ring (bicyclic) bond motifs is 1. The van der Waals surface area contributed by atoms with Crippen molar-refractivity contribution < 1.29 is 4.79 Å². The molecule has 0 saturated carbocycles. The van der Waals surface area contributed by atoms with Crippen molar-refractivity contribution in [2.75, 3.05) is 5.32 Å². The zero-order valence-corrected chi connectivity index (χ0v) is 15.6. The van der Waals surface area contributed by atoms with Crippen LogP contribution in [0.25, 0.3) is 22.4 Å². The molecule has 0 saturated heterocycles. The number of nitrogens with zero attached hydrogens (tertiary/aromatic N) is 1. The number of amides is 1. The van der Waals surface area contributed by atoms with Crippen molar-refractivity contribution in [3.63, 3.8) is 0 Å². The Morgan fingerprint density at radius 1 is 0.889 bits per heavy atom. The van der Waals surface area contributed by atoms with Gasteiger partial charge in [0.1, 0.15) is 5.82 Å². The Balaban J connectivity index is 1.66. The fourth-order valence-electron chi connectivity index (χ4n) is 3.06.